The fourth-order valence-corrected chi connectivity index (χ4v) is 3.72. The van der Waals surface area contributed by atoms with Crippen molar-refractivity contribution in [3.8, 4) is 17.1 Å². The van der Waals surface area contributed by atoms with E-state index in [0.29, 0.717) is 17.2 Å². The van der Waals surface area contributed by atoms with E-state index in [1.54, 1.807) is 20.0 Å². The lowest BCUT2D eigenvalue weighted by atomic mass is 10.2. The first-order chi connectivity index (χ1) is 12.4. The Balaban J connectivity index is 1.97. The first-order valence-corrected chi connectivity index (χ1v) is 9.35. The minimum atomic E-state index is -3.69. The van der Waals surface area contributed by atoms with Crippen LogP contribution < -0.4 is 4.74 Å². The molecule has 0 atom stereocenters. The second kappa shape index (κ2) is 7.27. The van der Waals surface area contributed by atoms with E-state index in [9.17, 15) is 8.42 Å². The smallest absolute Gasteiger partial charge is 0.243 e. The molecule has 0 bridgehead atoms. The van der Waals surface area contributed by atoms with Crippen LogP contribution >= 0.6 is 0 Å². The summed E-state index contributed by atoms with van der Waals surface area (Å²) in [6.45, 7) is 1.93. The minimum absolute atomic E-state index is 0.134. The number of nitrogens with zero attached hydrogens (tertiary/aromatic N) is 3. The molecule has 7 nitrogen and oxygen atoms in total. The standard InChI is InChI=1S/C18H19N3O4S/c1-13-19-18(20-25-13)16-11-15(9-10-17(16)24-3)26(22,23)21(2)12-14-7-5-4-6-8-14/h4-11H,12H2,1-3H3. The van der Waals surface area contributed by atoms with Gasteiger partial charge < -0.3 is 9.26 Å². The van der Waals surface area contributed by atoms with Crippen molar-refractivity contribution in [3.63, 3.8) is 0 Å². The molecule has 8 heteroatoms. The third-order valence-corrected chi connectivity index (χ3v) is 5.70. The van der Waals surface area contributed by atoms with E-state index >= 15 is 0 Å². The molecule has 0 spiro atoms. The highest BCUT2D eigenvalue weighted by Crippen LogP contribution is 2.31. The molecule has 0 aliphatic rings. The minimum Gasteiger partial charge on any atom is -0.496 e. The molecule has 0 amide bonds. The molecule has 2 aromatic carbocycles. The van der Waals surface area contributed by atoms with Gasteiger partial charge in [0.05, 0.1) is 17.6 Å². The van der Waals surface area contributed by atoms with Gasteiger partial charge in [0, 0.05) is 20.5 Å². The Morgan fingerprint density at radius 2 is 1.88 bits per heavy atom. The number of sulfonamides is 1. The number of aromatic nitrogens is 2. The van der Waals surface area contributed by atoms with Crippen LogP contribution in [0, 0.1) is 6.92 Å². The summed E-state index contributed by atoms with van der Waals surface area (Å²) in [4.78, 5) is 4.29. The average molecular weight is 373 g/mol. The van der Waals surface area contributed by atoms with Gasteiger partial charge in [-0.2, -0.15) is 9.29 Å². The maximum Gasteiger partial charge on any atom is 0.243 e. The lowest BCUT2D eigenvalue weighted by Gasteiger charge is -2.18. The van der Waals surface area contributed by atoms with E-state index in [0.717, 1.165) is 5.56 Å². The monoisotopic (exact) mass is 373 g/mol. The van der Waals surface area contributed by atoms with Crippen molar-refractivity contribution in [1.29, 1.82) is 0 Å². The summed E-state index contributed by atoms with van der Waals surface area (Å²) in [6.07, 6.45) is 0. The Kier molecular flexibility index (Phi) is 5.06. The molecule has 26 heavy (non-hydrogen) atoms. The van der Waals surface area contributed by atoms with Crippen LogP contribution in [0.15, 0.2) is 57.9 Å². The molecule has 3 aromatic rings. The summed E-state index contributed by atoms with van der Waals surface area (Å²) >= 11 is 0. The molecule has 0 saturated heterocycles. The summed E-state index contributed by atoms with van der Waals surface area (Å²) in [6, 6.07) is 14.0. The number of rotatable bonds is 6. The van der Waals surface area contributed by atoms with E-state index in [1.807, 2.05) is 30.3 Å². The second-order valence-electron chi connectivity index (χ2n) is 5.75. The predicted octanol–water partition coefficient (Wildman–Crippen LogP) is 2.87. The van der Waals surface area contributed by atoms with Gasteiger partial charge in [-0.15, -0.1) is 0 Å². The third-order valence-electron chi connectivity index (χ3n) is 3.90. The number of methoxy groups -OCH3 is 1. The molecule has 0 unspecified atom stereocenters. The maximum absolute atomic E-state index is 12.9. The normalized spacial score (nSPS) is 11.7. The quantitative estimate of drug-likeness (QED) is 0.660. The van der Waals surface area contributed by atoms with Gasteiger partial charge in [0.25, 0.3) is 0 Å². The Hall–Kier alpha value is -2.71. The first-order valence-electron chi connectivity index (χ1n) is 7.91. The van der Waals surface area contributed by atoms with Crippen molar-refractivity contribution in [2.24, 2.45) is 0 Å². The molecular formula is C18H19N3O4S. The van der Waals surface area contributed by atoms with Crippen LogP contribution in [-0.2, 0) is 16.6 Å². The van der Waals surface area contributed by atoms with Crippen LogP contribution in [0.4, 0.5) is 0 Å². The topological polar surface area (TPSA) is 85.5 Å². The van der Waals surface area contributed by atoms with Crippen molar-refractivity contribution < 1.29 is 17.7 Å². The Bertz CT molecular complexity index is 1000. The molecule has 136 valence electrons. The van der Waals surface area contributed by atoms with Gasteiger partial charge in [0.15, 0.2) is 0 Å². The molecule has 0 saturated carbocycles. The Labute approximate surface area is 152 Å². The van der Waals surface area contributed by atoms with Crippen molar-refractivity contribution in [3.05, 3.63) is 60.0 Å². The molecule has 0 radical (unpaired) electrons. The molecule has 0 fully saturated rings. The maximum atomic E-state index is 12.9. The van der Waals surface area contributed by atoms with E-state index in [4.69, 9.17) is 9.26 Å². The summed E-state index contributed by atoms with van der Waals surface area (Å²) in [5, 5.41) is 3.86. The lowest BCUT2D eigenvalue weighted by Crippen LogP contribution is -2.26. The highest BCUT2D eigenvalue weighted by atomic mass is 32.2. The SMILES string of the molecule is COc1ccc(S(=O)(=O)N(C)Cc2ccccc2)cc1-c1noc(C)n1. The van der Waals surface area contributed by atoms with Crippen LogP contribution in [0.3, 0.4) is 0 Å². The van der Waals surface area contributed by atoms with E-state index in [-0.39, 0.29) is 17.3 Å². The van der Waals surface area contributed by atoms with E-state index < -0.39 is 10.0 Å². The predicted molar refractivity (Wildman–Crippen MR) is 96.1 cm³/mol. The molecule has 0 aliphatic heterocycles. The Morgan fingerprint density at radius 1 is 1.15 bits per heavy atom. The highest BCUT2D eigenvalue weighted by Gasteiger charge is 2.24. The van der Waals surface area contributed by atoms with Crippen LogP contribution in [0.2, 0.25) is 0 Å². The number of hydrogen-bond acceptors (Lipinski definition) is 6. The van der Waals surface area contributed by atoms with E-state index in [1.165, 1.54) is 23.5 Å². The zero-order valence-electron chi connectivity index (χ0n) is 14.7. The second-order valence-corrected chi connectivity index (χ2v) is 7.79. The van der Waals surface area contributed by atoms with Crippen molar-refractivity contribution in [2.45, 2.75) is 18.4 Å². The van der Waals surface area contributed by atoms with Gasteiger partial charge in [-0.1, -0.05) is 35.5 Å². The largest absolute Gasteiger partial charge is 0.496 e. The zero-order valence-corrected chi connectivity index (χ0v) is 15.5. The van der Waals surface area contributed by atoms with Gasteiger partial charge in [-0.25, -0.2) is 8.42 Å². The Morgan fingerprint density at radius 3 is 2.50 bits per heavy atom. The van der Waals surface area contributed by atoms with Crippen LogP contribution in [0.25, 0.3) is 11.4 Å². The van der Waals surface area contributed by atoms with Crippen molar-refractivity contribution in [2.75, 3.05) is 14.2 Å². The lowest BCUT2D eigenvalue weighted by molar-refractivity contribution is 0.392. The average Bonchev–Trinajstić information content (AvgIpc) is 3.08. The van der Waals surface area contributed by atoms with Crippen LogP contribution in [0.1, 0.15) is 11.5 Å². The van der Waals surface area contributed by atoms with Gasteiger partial charge in [-0.3, -0.25) is 0 Å². The molecule has 0 N–H and O–H groups in total. The van der Waals surface area contributed by atoms with Gasteiger partial charge in [0.1, 0.15) is 5.75 Å². The molecular weight excluding hydrogens is 354 g/mol. The number of hydrogen-bond donors (Lipinski definition) is 0. The van der Waals surface area contributed by atoms with Crippen molar-refractivity contribution in [1.82, 2.24) is 14.4 Å². The summed E-state index contributed by atoms with van der Waals surface area (Å²) in [5.74, 6) is 1.13. The third kappa shape index (κ3) is 3.61. The van der Waals surface area contributed by atoms with Crippen molar-refractivity contribution >= 4 is 10.0 Å². The fourth-order valence-electron chi connectivity index (χ4n) is 2.54. The zero-order chi connectivity index (χ0) is 18.7. The molecule has 3 rings (SSSR count). The highest BCUT2D eigenvalue weighted by molar-refractivity contribution is 7.89. The summed E-state index contributed by atoms with van der Waals surface area (Å²) in [5.41, 5.74) is 1.36. The summed E-state index contributed by atoms with van der Waals surface area (Å²) in [7, 11) is -0.646. The van der Waals surface area contributed by atoms with E-state index in [2.05, 4.69) is 10.1 Å². The number of benzene rings is 2. The number of ether oxygens (including phenoxy) is 1. The first kappa shape index (κ1) is 18.1. The van der Waals surface area contributed by atoms with Crippen LogP contribution in [-0.4, -0.2) is 37.0 Å². The fraction of sp³-hybridized carbons (Fsp3) is 0.222. The van der Waals surface area contributed by atoms with Crippen LogP contribution in [0.5, 0.6) is 5.75 Å². The van der Waals surface area contributed by atoms with Gasteiger partial charge in [0.2, 0.25) is 21.7 Å². The molecule has 0 aliphatic carbocycles. The molecule has 1 heterocycles. The summed E-state index contributed by atoms with van der Waals surface area (Å²) < 4.78 is 37.5. The van der Waals surface area contributed by atoms with Gasteiger partial charge in [-0.05, 0) is 23.8 Å². The van der Waals surface area contributed by atoms with Gasteiger partial charge >= 0.3 is 0 Å². The number of aryl methyl sites for hydroxylation is 1. The molecule has 1 aromatic heterocycles.